The fourth-order valence-electron chi connectivity index (χ4n) is 2.86. The highest BCUT2D eigenvalue weighted by Gasteiger charge is 2.17. The number of aliphatic imine (C=N–C) groups is 1. The zero-order valence-electron chi connectivity index (χ0n) is 16.6. The van der Waals surface area contributed by atoms with Gasteiger partial charge in [-0.25, -0.2) is 0 Å². The minimum absolute atomic E-state index is 0.176. The molecule has 8 heteroatoms. The number of hydrogen-bond acceptors (Lipinski definition) is 3. The third-order valence-corrected chi connectivity index (χ3v) is 4.52. The Labute approximate surface area is 161 Å². The standard InChI is InChI=1S/C18H30ClN7/c1-7-20-18(25(5)13-16-8-15(19)12-24(16)4)21-10-17(23(2)3)14-9-22-26(6)11-14/h8-9,11-12,17H,7,10,13H2,1-6H3,(H,20,21). The molecule has 0 amide bonds. The Morgan fingerprint density at radius 1 is 1.31 bits per heavy atom. The number of aromatic nitrogens is 3. The van der Waals surface area contributed by atoms with E-state index in [1.165, 1.54) is 0 Å². The van der Waals surface area contributed by atoms with Gasteiger partial charge in [0.2, 0.25) is 0 Å². The molecule has 0 spiro atoms. The van der Waals surface area contributed by atoms with Crippen LogP contribution in [0.1, 0.15) is 24.2 Å². The van der Waals surface area contributed by atoms with Crippen LogP contribution in [0.3, 0.4) is 0 Å². The number of likely N-dealkylation sites (N-methyl/N-ethyl adjacent to an activating group) is 1. The fraction of sp³-hybridized carbons (Fsp3) is 0.556. The summed E-state index contributed by atoms with van der Waals surface area (Å²) in [6.45, 7) is 4.28. The first-order valence-electron chi connectivity index (χ1n) is 8.77. The van der Waals surface area contributed by atoms with Crippen molar-refractivity contribution in [1.29, 1.82) is 0 Å². The Kier molecular flexibility index (Phi) is 7.11. The van der Waals surface area contributed by atoms with Crippen LogP contribution in [-0.4, -0.2) is 64.3 Å². The highest BCUT2D eigenvalue weighted by molar-refractivity contribution is 6.30. The molecule has 0 aliphatic heterocycles. The van der Waals surface area contributed by atoms with Crippen LogP contribution in [0.25, 0.3) is 0 Å². The van der Waals surface area contributed by atoms with Crippen LogP contribution in [0.15, 0.2) is 29.6 Å². The molecule has 2 heterocycles. The average Bonchev–Trinajstić information content (AvgIpc) is 3.11. The van der Waals surface area contributed by atoms with Crippen LogP contribution in [0, 0.1) is 0 Å². The summed E-state index contributed by atoms with van der Waals surface area (Å²) in [6.07, 6.45) is 5.87. The average molecular weight is 380 g/mol. The molecule has 2 aromatic heterocycles. The lowest BCUT2D eigenvalue weighted by Gasteiger charge is -2.25. The quantitative estimate of drug-likeness (QED) is 0.591. The molecule has 0 aromatic carbocycles. The van der Waals surface area contributed by atoms with E-state index in [1.807, 2.05) is 55.0 Å². The molecule has 7 nitrogen and oxygen atoms in total. The Bertz CT molecular complexity index is 732. The normalized spacial score (nSPS) is 13.3. The molecule has 2 rings (SSSR count). The van der Waals surface area contributed by atoms with Crippen molar-refractivity contribution in [3.63, 3.8) is 0 Å². The lowest BCUT2D eigenvalue weighted by atomic mass is 10.1. The van der Waals surface area contributed by atoms with Gasteiger partial charge < -0.3 is 19.7 Å². The highest BCUT2D eigenvalue weighted by atomic mass is 35.5. The van der Waals surface area contributed by atoms with Crippen LogP contribution in [0.2, 0.25) is 5.02 Å². The zero-order chi connectivity index (χ0) is 19.3. The fourth-order valence-corrected chi connectivity index (χ4v) is 3.14. The van der Waals surface area contributed by atoms with Crippen LogP contribution in [0.4, 0.5) is 0 Å². The Morgan fingerprint density at radius 3 is 2.54 bits per heavy atom. The van der Waals surface area contributed by atoms with Gasteiger partial charge in [-0.1, -0.05) is 11.6 Å². The van der Waals surface area contributed by atoms with E-state index >= 15 is 0 Å². The molecule has 0 saturated heterocycles. The summed E-state index contributed by atoms with van der Waals surface area (Å²) in [5.74, 6) is 0.876. The van der Waals surface area contributed by atoms with Gasteiger partial charge in [0.1, 0.15) is 0 Å². The van der Waals surface area contributed by atoms with Gasteiger partial charge in [-0.05, 0) is 27.1 Å². The summed E-state index contributed by atoms with van der Waals surface area (Å²) in [7, 11) is 10.1. The van der Waals surface area contributed by atoms with Gasteiger partial charge >= 0.3 is 0 Å². The molecule has 0 aliphatic carbocycles. The third-order valence-electron chi connectivity index (χ3n) is 4.32. The van der Waals surface area contributed by atoms with Crippen molar-refractivity contribution in [2.45, 2.75) is 19.5 Å². The number of aryl methyl sites for hydroxylation is 2. The molecule has 0 aliphatic rings. The lowest BCUT2D eigenvalue weighted by molar-refractivity contribution is 0.305. The number of rotatable bonds is 7. The molecule has 1 unspecified atom stereocenters. The summed E-state index contributed by atoms with van der Waals surface area (Å²) >= 11 is 6.10. The van der Waals surface area contributed by atoms with E-state index in [0.29, 0.717) is 6.54 Å². The van der Waals surface area contributed by atoms with Crippen molar-refractivity contribution >= 4 is 17.6 Å². The number of nitrogens with zero attached hydrogens (tertiary/aromatic N) is 6. The van der Waals surface area contributed by atoms with E-state index in [-0.39, 0.29) is 6.04 Å². The second-order valence-corrected chi connectivity index (χ2v) is 7.17. The third kappa shape index (κ3) is 5.25. The maximum atomic E-state index is 6.10. The first kappa shape index (κ1) is 20.3. The summed E-state index contributed by atoms with van der Waals surface area (Å²) < 4.78 is 3.87. The van der Waals surface area contributed by atoms with Gasteiger partial charge in [-0.3, -0.25) is 9.67 Å². The lowest BCUT2D eigenvalue weighted by Crippen LogP contribution is -2.39. The minimum Gasteiger partial charge on any atom is -0.357 e. The Morgan fingerprint density at radius 2 is 2.04 bits per heavy atom. The van der Waals surface area contributed by atoms with Crippen LogP contribution in [0.5, 0.6) is 0 Å². The molecule has 1 N–H and O–H groups in total. The smallest absolute Gasteiger partial charge is 0.194 e. The monoisotopic (exact) mass is 379 g/mol. The number of halogens is 1. The molecular weight excluding hydrogens is 350 g/mol. The summed E-state index contributed by atoms with van der Waals surface area (Å²) in [4.78, 5) is 9.15. The van der Waals surface area contributed by atoms with E-state index in [1.54, 1.807) is 0 Å². The molecular formula is C18H30ClN7. The zero-order valence-corrected chi connectivity index (χ0v) is 17.3. The van der Waals surface area contributed by atoms with Crippen molar-refractivity contribution in [1.82, 2.24) is 29.5 Å². The van der Waals surface area contributed by atoms with E-state index in [9.17, 15) is 0 Å². The minimum atomic E-state index is 0.176. The largest absolute Gasteiger partial charge is 0.357 e. The van der Waals surface area contributed by atoms with Crippen molar-refractivity contribution in [3.05, 3.63) is 40.9 Å². The molecule has 0 saturated carbocycles. The first-order chi connectivity index (χ1) is 12.3. The molecule has 0 bridgehead atoms. The maximum Gasteiger partial charge on any atom is 0.194 e. The van der Waals surface area contributed by atoms with Gasteiger partial charge in [-0.2, -0.15) is 5.10 Å². The molecule has 1 atom stereocenters. The van der Waals surface area contributed by atoms with Gasteiger partial charge in [0, 0.05) is 51.3 Å². The predicted octanol–water partition coefficient (Wildman–Crippen LogP) is 2.11. The van der Waals surface area contributed by atoms with Crippen molar-refractivity contribution in [2.75, 3.05) is 34.2 Å². The van der Waals surface area contributed by atoms with E-state index in [4.69, 9.17) is 16.6 Å². The van der Waals surface area contributed by atoms with Crippen LogP contribution < -0.4 is 5.32 Å². The van der Waals surface area contributed by atoms with E-state index < -0.39 is 0 Å². The first-order valence-corrected chi connectivity index (χ1v) is 9.14. The van der Waals surface area contributed by atoms with Crippen LogP contribution >= 0.6 is 11.6 Å². The van der Waals surface area contributed by atoms with E-state index in [2.05, 4.69) is 41.2 Å². The second-order valence-electron chi connectivity index (χ2n) is 6.74. The van der Waals surface area contributed by atoms with Gasteiger partial charge in [-0.15, -0.1) is 0 Å². The topological polar surface area (TPSA) is 53.6 Å². The molecule has 144 valence electrons. The molecule has 0 radical (unpaired) electrons. The van der Waals surface area contributed by atoms with Gasteiger partial charge in [0.05, 0.1) is 30.4 Å². The number of hydrogen-bond donors (Lipinski definition) is 1. The van der Waals surface area contributed by atoms with Crippen molar-refractivity contribution in [2.24, 2.45) is 19.1 Å². The summed E-state index contributed by atoms with van der Waals surface area (Å²) in [5, 5.41) is 8.41. The number of guanidine groups is 1. The SMILES string of the molecule is CCNC(=NCC(c1cnn(C)c1)N(C)C)N(C)Cc1cc(Cl)cn1C. The summed E-state index contributed by atoms with van der Waals surface area (Å²) in [6, 6.07) is 2.16. The highest BCUT2D eigenvalue weighted by Crippen LogP contribution is 2.18. The second kappa shape index (κ2) is 9.09. The van der Waals surface area contributed by atoms with Gasteiger partial charge in [0.15, 0.2) is 5.96 Å². The summed E-state index contributed by atoms with van der Waals surface area (Å²) in [5.41, 5.74) is 2.30. The maximum absolute atomic E-state index is 6.10. The molecule has 0 fully saturated rings. The van der Waals surface area contributed by atoms with Crippen LogP contribution in [-0.2, 0) is 20.6 Å². The predicted molar refractivity (Wildman–Crippen MR) is 108 cm³/mol. The molecule has 2 aromatic rings. The number of nitrogens with one attached hydrogen (secondary N) is 1. The Hall–Kier alpha value is -1.99. The molecule has 26 heavy (non-hydrogen) atoms. The van der Waals surface area contributed by atoms with Gasteiger partial charge in [0.25, 0.3) is 0 Å². The Balaban J connectivity index is 2.14. The van der Waals surface area contributed by atoms with E-state index in [0.717, 1.165) is 35.3 Å². The van der Waals surface area contributed by atoms with Crippen molar-refractivity contribution in [3.8, 4) is 0 Å². The van der Waals surface area contributed by atoms with Crippen molar-refractivity contribution < 1.29 is 0 Å².